The highest BCUT2D eigenvalue weighted by molar-refractivity contribution is 7.47. The lowest BCUT2D eigenvalue weighted by Gasteiger charge is -2.21. The van der Waals surface area contributed by atoms with Gasteiger partial charge in [0.05, 0.1) is 26.4 Å². The van der Waals surface area contributed by atoms with Crippen LogP contribution in [-0.2, 0) is 65.4 Å². The molecule has 0 fully saturated rings. The van der Waals surface area contributed by atoms with Gasteiger partial charge in [-0.3, -0.25) is 37.3 Å². The van der Waals surface area contributed by atoms with Crippen molar-refractivity contribution >= 4 is 39.5 Å². The first kappa shape index (κ1) is 96.1. The van der Waals surface area contributed by atoms with Crippen LogP contribution < -0.4 is 0 Å². The van der Waals surface area contributed by atoms with Crippen molar-refractivity contribution in [1.29, 1.82) is 0 Å². The van der Waals surface area contributed by atoms with Gasteiger partial charge in [0.1, 0.15) is 19.3 Å². The second-order valence-electron chi connectivity index (χ2n) is 29.2. The summed E-state index contributed by atoms with van der Waals surface area (Å²) < 4.78 is 68.7. The molecule has 98 heavy (non-hydrogen) atoms. The molecule has 582 valence electrons. The Balaban J connectivity index is 5.25. The number of hydrogen-bond donors (Lipinski definition) is 3. The van der Waals surface area contributed by atoms with Gasteiger partial charge in [-0.1, -0.05) is 363 Å². The molecule has 0 heterocycles. The molecule has 0 aromatic heterocycles. The van der Waals surface area contributed by atoms with Crippen molar-refractivity contribution in [2.45, 2.75) is 432 Å². The van der Waals surface area contributed by atoms with E-state index < -0.39 is 97.5 Å². The van der Waals surface area contributed by atoms with E-state index in [1.165, 1.54) is 231 Å². The van der Waals surface area contributed by atoms with Gasteiger partial charge < -0.3 is 33.8 Å². The molecular weight excluding hydrogens is 1280 g/mol. The Morgan fingerprint density at radius 1 is 0.296 bits per heavy atom. The highest BCUT2D eigenvalue weighted by atomic mass is 31.2. The Morgan fingerprint density at radius 2 is 0.520 bits per heavy atom. The molecule has 6 atom stereocenters. The zero-order valence-electron chi connectivity index (χ0n) is 64.1. The highest BCUT2D eigenvalue weighted by Gasteiger charge is 2.30. The molecule has 0 saturated heterocycles. The van der Waals surface area contributed by atoms with Gasteiger partial charge in [-0.25, -0.2) is 9.13 Å². The van der Waals surface area contributed by atoms with E-state index in [-0.39, 0.29) is 25.7 Å². The number of phosphoric acid groups is 2. The van der Waals surface area contributed by atoms with Gasteiger partial charge in [0.2, 0.25) is 0 Å². The van der Waals surface area contributed by atoms with Gasteiger partial charge in [-0.2, -0.15) is 0 Å². The average Bonchev–Trinajstić information content (AvgIpc) is 1.24. The first-order valence-electron chi connectivity index (χ1n) is 41.0. The summed E-state index contributed by atoms with van der Waals surface area (Å²) in [6.45, 7) is 9.60. The zero-order valence-corrected chi connectivity index (χ0v) is 65.9. The van der Waals surface area contributed by atoms with E-state index in [4.69, 9.17) is 37.0 Å². The third-order valence-electron chi connectivity index (χ3n) is 18.8. The molecule has 0 aliphatic heterocycles. The van der Waals surface area contributed by atoms with E-state index in [9.17, 15) is 43.2 Å². The maximum atomic E-state index is 13.1. The number of hydrogen-bond acceptors (Lipinski definition) is 15. The Hall–Kier alpha value is -1.94. The number of carbonyl (C=O) groups excluding carboxylic acids is 4. The maximum Gasteiger partial charge on any atom is 0.472 e. The molecule has 0 aliphatic carbocycles. The van der Waals surface area contributed by atoms with Crippen LogP contribution in [0.2, 0.25) is 0 Å². The van der Waals surface area contributed by atoms with Crippen molar-refractivity contribution in [2.75, 3.05) is 39.6 Å². The summed E-state index contributed by atoms with van der Waals surface area (Å²) in [5.74, 6) is -0.597. The monoisotopic (exact) mass is 1440 g/mol. The molecule has 3 unspecified atom stereocenters. The summed E-state index contributed by atoms with van der Waals surface area (Å²) in [4.78, 5) is 73.0. The van der Waals surface area contributed by atoms with Crippen molar-refractivity contribution in [3.63, 3.8) is 0 Å². The third kappa shape index (κ3) is 71.1. The Morgan fingerprint density at radius 3 is 0.776 bits per heavy atom. The van der Waals surface area contributed by atoms with E-state index in [2.05, 4.69) is 41.5 Å². The minimum Gasteiger partial charge on any atom is -0.462 e. The minimum absolute atomic E-state index is 0.105. The minimum atomic E-state index is -4.96. The van der Waals surface area contributed by atoms with Crippen LogP contribution in [-0.4, -0.2) is 96.7 Å². The van der Waals surface area contributed by atoms with Crippen LogP contribution in [0, 0.1) is 11.8 Å². The van der Waals surface area contributed by atoms with Crippen LogP contribution in [0.25, 0.3) is 0 Å². The van der Waals surface area contributed by atoms with Crippen molar-refractivity contribution < 1.29 is 80.2 Å². The predicted molar refractivity (Wildman–Crippen MR) is 400 cm³/mol. The van der Waals surface area contributed by atoms with Gasteiger partial charge in [-0.15, -0.1) is 0 Å². The summed E-state index contributed by atoms with van der Waals surface area (Å²) >= 11 is 0. The van der Waals surface area contributed by atoms with E-state index in [1.54, 1.807) is 0 Å². The average molecular weight is 1440 g/mol. The fourth-order valence-electron chi connectivity index (χ4n) is 12.2. The summed E-state index contributed by atoms with van der Waals surface area (Å²) in [6, 6.07) is 0. The summed E-state index contributed by atoms with van der Waals surface area (Å²) in [6.07, 6.45) is 59.6. The Labute approximate surface area is 600 Å². The molecule has 0 spiro atoms. The topological polar surface area (TPSA) is 237 Å². The molecule has 3 N–H and O–H groups in total. The van der Waals surface area contributed by atoms with Gasteiger partial charge in [-0.05, 0) is 37.5 Å². The predicted octanol–water partition coefficient (Wildman–Crippen LogP) is 23.5. The van der Waals surface area contributed by atoms with Crippen LogP contribution in [0.3, 0.4) is 0 Å². The fraction of sp³-hybridized carbons (Fsp3) is 0.949. The van der Waals surface area contributed by atoms with Crippen molar-refractivity contribution in [2.24, 2.45) is 11.8 Å². The molecule has 0 saturated carbocycles. The van der Waals surface area contributed by atoms with Crippen LogP contribution >= 0.6 is 15.6 Å². The van der Waals surface area contributed by atoms with E-state index in [0.717, 1.165) is 102 Å². The number of carbonyl (C=O) groups is 4. The van der Waals surface area contributed by atoms with E-state index >= 15 is 0 Å². The molecule has 0 amide bonds. The number of esters is 4. The molecule has 0 aliphatic rings. The standard InChI is InChI=1S/C79H154O17P2/c1-7-10-12-14-16-18-20-22-24-26-28-30-32-36-43-49-55-61-76(81)89-67-74(95-78(83)63-57-51-45-37-33-31-29-27-25-23-21-19-17-15-13-11-8-2)69-93-97(85,86)91-65-73(80)66-92-98(87,88)94-70-75(96-79(84)64-58-52-46-38-34-35-41-47-53-59-71(4)5)68-90-77(82)62-56-50-44-40-39-42-48-54-60-72(6)9-3/h71-75,80H,7-70H2,1-6H3,(H,85,86)(H,87,88)/t72?,73-,74-,75-/m1/s1. The Bertz CT molecular complexity index is 1890. The van der Waals surface area contributed by atoms with Crippen LogP contribution in [0.5, 0.6) is 0 Å². The fourth-order valence-corrected chi connectivity index (χ4v) is 13.7. The molecule has 19 heteroatoms. The lowest BCUT2D eigenvalue weighted by Crippen LogP contribution is -2.30. The molecule has 0 aromatic rings. The number of rotatable bonds is 78. The van der Waals surface area contributed by atoms with Crippen LogP contribution in [0.4, 0.5) is 0 Å². The molecular formula is C79H154O17P2. The van der Waals surface area contributed by atoms with Crippen molar-refractivity contribution in [3.8, 4) is 0 Å². The molecule has 0 rings (SSSR count). The summed E-state index contributed by atoms with van der Waals surface area (Å²) in [7, 11) is -9.92. The quantitative estimate of drug-likeness (QED) is 0.0222. The van der Waals surface area contributed by atoms with Gasteiger partial charge in [0.25, 0.3) is 0 Å². The van der Waals surface area contributed by atoms with E-state index in [1.807, 2.05) is 0 Å². The number of ether oxygens (including phenoxy) is 4. The van der Waals surface area contributed by atoms with Gasteiger partial charge >= 0.3 is 39.5 Å². The van der Waals surface area contributed by atoms with Crippen LogP contribution in [0.1, 0.15) is 414 Å². The lowest BCUT2D eigenvalue weighted by atomic mass is 9.99. The van der Waals surface area contributed by atoms with Crippen molar-refractivity contribution in [3.05, 3.63) is 0 Å². The SMILES string of the molecule is CCCCCCCCCCCCCCCCCCCC(=O)OC[C@H](COP(=O)(O)OC[C@@H](O)COP(=O)(O)OC[C@@H](COC(=O)CCCCCCCCCCC(C)CC)OC(=O)CCCCCCCCCCCC(C)C)OC(=O)CCCCCCCCCCCCCCCCCCC. The second-order valence-corrected chi connectivity index (χ2v) is 32.1. The third-order valence-corrected chi connectivity index (χ3v) is 20.7. The second kappa shape index (κ2) is 70.7. The highest BCUT2D eigenvalue weighted by Crippen LogP contribution is 2.45. The molecule has 0 radical (unpaired) electrons. The Kier molecular flexibility index (Phi) is 69.3. The number of unbranched alkanes of at least 4 members (excludes halogenated alkanes) is 47. The lowest BCUT2D eigenvalue weighted by molar-refractivity contribution is -0.161. The first-order valence-corrected chi connectivity index (χ1v) is 44.0. The zero-order chi connectivity index (χ0) is 72.1. The van der Waals surface area contributed by atoms with Gasteiger partial charge in [0.15, 0.2) is 12.2 Å². The molecule has 0 aromatic carbocycles. The maximum absolute atomic E-state index is 13.1. The molecule has 0 bridgehead atoms. The normalized spacial score (nSPS) is 14.2. The largest absolute Gasteiger partial charge is 0.472 e. The van der Waals surface area contributed by atoms with Crippen LogP contribution in [0.15, 0.2) is 0 Å². The summed E-state index contributed by atoms with van der Waals surface area (Å²) in [5, 5.41) is 10.6. The number of aliphatic hydroxyl groups excluding tert-OH is 1. The smallest absolute Gasteiger partial charge is 0.462 e. The van der Waals surface area contributed by atoms with E-state index in [0.29, 0.717) is 25.7 Å². The first-order chi connectivity index (χ1) is 47.4. The summed E-state index contributed by atoms with van der Waals surface area (Å²) in [5.41, 5.74) is 0. The van der Waals surface area contributed by atoms with Gasteiger partial charge in [0, 0.05) is 25.7 Å². The number of phosphoric ester groups is 2. The molecule has 17 nitrogen and oxygen atoms in total. The van der Waals surface area contributed by atoms with Crippen molar-refractivity contribution in [1.82, 2.24) is 0 Å². The number of aliphatic hydroxyl groups is 1.